The van der Waals surface area contributed by atoms with Crippen LogP contribution < -0.4 is 0 Å². The smallest absolute Gasteiger partial charge is 0.418 e. The van der Waals surface area contributed by atoms with Crippen molar-refractivity contribution in [3.8, 4) is 11.3 Å². The summed E-state index contributed by atoms with van der Waals surface area (Å²) in [6.45, 7) is 4.27. The molecule has 0 radical (unpaired) electrons. The fraction of sp³-hybridized carbons (Fsp3) is 0.214. The molecule has 2 aromatic rings. The van der Waals surface area contributed by atoms with E-state index in [1.54, 1.807) is 0 Å². The molecule has 0 saturated carbocycles. The number of benzene rings is 1. The fourth-order valence-electron chi connectivity index (χ4n) is 1.49. The van der Waals surface area contributed by atoms with Gasteiger partial charge in [-0.05, 0) is 18.2 Å². The molecule has 0 fully saturated rings. The molecule has 0 atom stereocenters. The van der Waals surface area contributed by atoms with Gasteiger partial charge < -0.3 is 17.3 Å². The maximum Gasteiger partial charge on any atom is 0.673 e. The van der Waals surface area contributed by atoms with Crippen molar-refractivity contribution in [1.29, 1.82) is 0 Å². The van der Waals surface area contributed by atoms with Crippen molar-refractivity contribution >= 4 is 7.25 Å². The second-order valence-electron chi connectivity index (χ2n) is 4.41. The van der Waals surface area contributed by atoms with Crippen LogP contribution in [0, 0.1) is 0 Å². The molecule has 6 heteroatoms. The highest BCUT2D eigenvalue weighted by atomic mass is 19.5. The molecular formula is C14H15BF4O. The van der Waals surface area contributed by atoms with Crippen LogP contribution in [-0.4, -0.2) is 7.25 Å². The highest BCUT2D eigenvalue weighted by molar-refractivity contribution is 6.50. The average Bonchev–Trinajstić information content (AvgIpc) is 2.38. The summed E-state index contributed by atoms with van der Waals surface area (Å²) in [5.74, 6) is 2.38. The van der Waals surface area contributed by atoms with E-state index >= 15 is 0 Å². The van der Waals surface area contributed by atoms with E-state index in [0.717, 1.165) is 17.1 Å². The highest BCUT2D eigenvalue weighted by Crippen LogP contribution is 2.23. The van der Waals surface area contributed by atoms with Crippen LogP contribution in [0.1, 0.15) is 25.5 Å². The predicted octanol–water partition coefficient (Wildman–Crippen LogP) is 5.65. The van der Waals surface area contributed by atoms with Gasteiger partial charge in [0, 0.05) is 12.1 Å². The Balaban J connectivity index is 0.000000347. The Labute approximate surface area is 115 Å². The summed E-state index contributed by atoms with van der Waals surface area (Å²) in [6, 6.07) is 16.2. The Morgan fingerprint density at radius 1 is 0.850 bits per heavy atom. The van der Waals surface area contributed by atoms with E-state index in [1.807, 2.05) is 36.4 Å². The Morgan fingerprint density at radius 2 is 1.40 bits per heavy atom. The van der Waals surface area contributed by atoms with Crippen LogP contribution in [0.3, 0.4) is 0 Å². The summed E-state index contributed by atoms with van der Waals surface area (Å²) in [4.78, 5) is 0. The van der Waals surface area contributed by atoms with Crippen LogP contribution in [0.2, 0.25) is 0 Å². The summed E-state index contributed by atoms with van der Waals surface area (Å²) in [6.07, 6.45) is 0. The normalized spacial score (nSPS) is 10.9. The third-order valence-corrected chi connectivity index (χ3v) is 2.36. The monoisotopic (exact) mass is 286 g/mol. The molecule has 20 heavy (non-hydrogen) atoms. The third kappa shape index (κ3) is 6.36. The molecule has 0 N–H and O–H groups in total. The Bertz CT molecular complexity index is 520. The maximum absolute atomic E-state index is 9.75. The lowest BCUT2D eigenvalue weighted by Gasteiger charge is -1.95. The lowest BCUT2D eigenvalue weighted by Crippen LogP contribution is -2.02. The maximum atomic E-state index is 9.75. The Morgan fingerprint density at radius 3 is 1.90 bits per heavy atom. The standard InChI is InChI=1S/C14H15O.BF4/c1-11(2)13-9-6-10-14(15-13)12-7-4-3-5-8-12;2-1(3,4)5/h3-11H,1-2H3;/q+1;-1. The molecular weight excluding hydrogens is 271 g/mol. The molecule has 0 saturated heterocycles. The summed E-state index contributed by atoms with van der Waals surface area (Å²) < 4.78 is 44.8. The van der Waals surface area contributed by atoms with Gasteiger partial charge in [0.1, 0.15) is 0 Å². The molecule has 1 aromatic heterocycles. The molecule has 108 valence electrons. The quantitative estimate of drug-likeness (QED) is 0.394. The van der Waals surface area contributed by atoms with E-state index in [0.29, 0.717) is 5.92 Å². The first-order chi connectivity index (χ1) is 9.27. The zero-order valence-corrected chi connectivity index (χ0v) is 11.2. The summed E-state index contributed by atoms with van der Waals surface area (Å²) >= 11 is 0. The van der Waals surface area contributed by atoms with Gasteiger partial charge in [-0.3, -0.25) is 0 Å². The highest BCUT2D eigenvalue weighted by Gasteiger charge is 2.20. The Kier molecular flexibility index (Phi) is 5.73. The van der Waals surface area contributed by atoms with Crippen LogP contribution >= 0.6 is 0 Å². The number of rotatable bonds is 2. The van der Waals surface area contributed by atoms with Crippen molar-refractivity contribution in [1.82, 2.24) is 0 Å². The van der Waals surface area contributed by atoms with E-state index in [-0.39, 0.29) is 0 Å². The van der Waals surface area contributed by atoms with E-state index in [2.05, 4.69) is 26.0 Å². The molecule has 0 aliphatic carbocycles. The van der Waals surface area contributed by atoms with Crippen molar-refractivity contribution in [2.75, 3.05) is 0 Å². The molecule has 0 aliphatic rings. The van der Waals surface area contributed by atoms with Gasteiger partial charge in [0.15, 0.2) is 0 Å². The topological polar surface area (TPSA) is 11.3 Å². The fourth-order valence-corrected chi connectivity index (χ4v) is 1.49. The van der Waals surface area contributed by atoms with Crippen molar-refractivity contribution < 1.29 is 21.7 Å². The Hall–Kier alpha value is -1.85. The summed E-state index contributed by atoms with van der Waals surface area (Å²) in [7, 11) is -6.00. The van der Waals surface area contributed by atoms with E-state index in [9.17, 15) is 17.3 Å². The van der Waals surface area contributed by atoms with Gasteiger partial charge in [0.05, 0.1) is 11.5 Å². The van der Waals surface area contributed by atoms with Gasteiger partial charge in [0.25, 0.3) is 0 Å². The minimum atomic E-state index is -6.00. The van der Waals surface area contributed by atoms with E-state index < -0.39 is 7.25 Å². The molecule has 1 nitrogen and oxygen atoms in total. The third-order valence-electron chi connectivity index (χ3n) is 2.36. The van der Waals surface area contributed by atoms with Crippen LogP contribution in [-0.2, 0) is 0 Å². The first-order valence-electron chi connectivity index (χ1n) is 6.13. The molecule has 0 spiro atoms. The SMILES string of the molecule is CC(C)c1cccc(-c2ccccc2)[o+]1.F[B-](F)(F)F. The van der Waals surface area contributed by atoms with Crippen molar-refractivity contribution in [3.63, 3.8) is 0 Å². The second kappa shape index (κ2) is 7.08. The minimum Gasteiger partial charge on any atom is -0.418 e. The number of halogens is 4. The number of hydrogen-bond acceptors (Lipinski definition) is 0. The average molecular weight is 286 g/mol. The largest absolute Gasteiger partial charge is 0.673 e. The van der Waals surface area contributed by atoms with Gasteiger partial charge in [-0.25, -0.2) is 4.42 Å². The van der Waals surface area contributed by atoms with Gasteiger partial charge in [0.2, 0.25) is 0 Å². The van der Waals surface area contributed by atoms with Crippen LogP contribution in [0.4, 0.5) is 17.3 Å². The first-order valence-corrected chi connectivity index (χ1v) is 6.13. The zero-order valence-electron chi connectivity index (χ0n) is 11.2. The molecule has 2 rings (SSSR count). The second-order valence-corrected chi connectivity index (χ2v) is 4.41. The lowest BCUT2D eigenvalue weighted by atomic mass is 10.1. The minimum absolute atomic E-state index is 0.425. The summed E-state index contributed by atoms with van der Waals surface area (Å²) in [5, 5.41) is 0. The van der Waals surface area contributed by atoms with Crippen LogP contribution in [0.5, 0.6) is 0 Å². The van der Waals surface area contributed by atoms with Crippen LogP contribution in [0.15, 0.2) is 52.9 Å². The van der Waals surface area contributed by atoms with Crippen molar-refractivity contribution in [2.24, 2.45) is 0 Å². The first kappa shape index (κ1) is 16.2. The van der Waals surface area contributed by atoms with Crippen molar-refractivity contribution in [2.45, 2.75) is 19.8 Å². The molecule has 0 unspecified atom stereocenters. The molecule has 0 bridgehead atoms. The van der Waals surface area contributed by atoms with E-state index in [1.165, 1.54) is 0 Å². The molecule has 0 aliphatic heterocycles. The van der Waals surface area contributed by atoms with Gasteiger partial charge >= 0.3 is 18.8 Å². The van der Waals surface area contributed by atoms with Crippen molar-refractivity contribution in [3.05, 3.63) is 54.3 Å². The molecule has 1 aromatic carbocycles. The lowest BCUT2D eigenvalue weighted by molar-refractivity contribution is 0.368. The van der Waals surface area contributed by atoms with Crippen LogP contribution in [0.25, 0.3) is 11.3 Å². The summed E-state index contributed by atoms with van der Waals surface area (Å²) in [5.41, 5.74) is 1.12. The number of hydrogen-bond donors (Lipinski definition) is 0. The van der Waals surface area contributed by atoms with Gasteiger partial charge in [-0.1, -0.05) is 32.0 Å². The molecule has 0 amide bonds. The molecule has 1 heterocycles. The van der Waals surface area contributed by atoms with E-state index in [4.69, 9.17) is 4.42 Å². The van der Waals surface area contributed by atoms with Gasteiger partial charge in [-0.15, -0.1) is 0 Å². The van der Waals surface area contributed by atoms with Gasteiger partial charge in [-0.2, -0.15) is 0 Å². The zero-order chi connectivity index (χ0) is 15.2. The predicted molar refractivity (Wildman–Crippen MR) is 72.8 cm³/mol.